The van der Waals surface area contributed by atoms with Crippen molar-refractivity contribution >= 4 is 28.9 Å². The number of hydrogen-bond acceptors (Lipinski definition) is 7. The van der Waals surface area contributed by atoms with E-state index >= 15 is 0 Å². The van der Waals surface area contributed by atoms with E-state index in [1.54, 1.807) is 18.6 Å². The Hall–Kier alpha value is -3.96. The Morgan fingerprint density at radius 2 is 2.03 bits per heavy atom. The highest BCUT2D eigenvalue weighted by Gasteiger charge is 2.27. The predicted molar refractivity (Wildman–Crippen MR) is 122 cm³/mol. The molecule has 0 saturated carbocycles. The van der Waals surface area contributed by atoms with Crippen molar-refractivity contribution in [3.63, 3.8) is 0 Å². The Balaban J connectivity index is 1.55. The molecule has 158 valence electrons. The first kappa shape index (κ1) is 20.0. The van der Waals surface area contributed by atoms with Crippen molar-refractivity contribution in [3.8, 4) is 6.07 Å². The Kier molecular flexibility index (Phi) is 5.40. The Morgan fingerprint density at radius 3 is 2.81 bits per heavy atom. The summed E-state index contributed by atoms with van der Waals surface area (Å²) in [6.07, 6.45) is 4.03. The van der Waals surface area contributed by atoms with Crippen molar-refractivity contribution in [3.05, 3.63) is 88.5 Å². The fraction of sp³-hybridized carbons (Fsp3) is 0.174. The molecule has 32 heavy (non-hydrogen) atoms. The lowest BCUT2D eigenvalue weighted by Gasteiger charge is -2.33. The number of aromatic nitrogens is 5. The van der Waals surface area contributed by atoms with Gasteiger partial charge in [0.2, 0.25) is 0 Å². The second kappa shape index (κ2) is 8.65. The van der Waals surface area contributed by atoms with Gasteiger partial charge in [0, 0.05) is 30.1 Å². The summed E-state index contributed by atoms with van der Waals surface area (Å²) < 4.78 is 0. The second-order valence-corrected chi connectivity index (χ2v) is 7.90. The van der Waals surface area contributed by atoms with E-state index in [0.717, 1.165) is 41.3 Å². The molecule has 1 aliphatic rings. The molecule has 1 aliphatic heterocycles. The maximum atomic E-state index is 9.61. The summed E-state index contributed by atoms with van der Waals surface area (Å²) in [6.45, 7) is 1.91. The van der Waals surface area contributed by atoms with E-state index in [0.29, 0.717) is 29.5 Å². The number of fused-ring (bicyclic) bond motifs is 1. The van der Waals surface area contributed by atoms with Crippen LogP contribution >= 0.6 is 11.6 Å². The maximum absolute atomic E-state index is 9.61. The van der Waals surface area contributed by atoms with Gasteiger partial charge >= 0.3 is 0 Å². The summed E-state index contributed by atoms with van der Waals surface area (Å²) in [6, 6.07) is 17.8. The second-order valence-electron chi connectivity index (χ2n) is 7.47. The van der Waals surface area contributed by atoms with Crippen LogP contribution in [-0.2, 0) is 19.5 Å². The van der Waals surface area contributed by atoms with E-state index in [9.17, 15) is 5.26 Å². The van der Waals surface area contributed by atoms with Crippen molar-refractivity contribution in [1.29, 1.82) is 5.26 Å². The van der Waals surface area contributed by atoms with Crippen molar-refractivity contribution < 1.29 is 0 Å². The van der Waals surface area contributed by atoms with Crippen LogP contribution in [0.2, 0.25) is 5.02 Å². The molecule has 0 radical (unpaired) electrons. The van der Waals surface area contributed by atoms with Gasteiger partial charge < -0.3 is 9.80 Å². The highest BCUT2D eigenvalue weighted by atomic mass is 35.5. The number of rotatable bonds is 5. The molecule has 2 aromatic heterocycles. The zero-order chi connectivity index (χ0) is 21.9. The minimum atomic E-state index is 0.548. The molecular formula is C23H19ClN8. The van der Waals surface area contributed by atoms with Gasteiger partial charge in [-0.3, -0.25) is 0 Å². The van der Waals surface area contributed by atoms with Crippen molar-refractivity contribution in [1.82, 2.24) is 25.4 Å². The number of nitrogens with one attached hydrogen (secondary N) is 1. The van der Waals surface area contributed by atoms with E-state index in [4.69, 9.17) is 11.6 Å². The number of hydrogen-bond donors (Lipinski definition) is 1. The molecule has 0 atom stereocenters. The van der Waals surface area contributed by atoms with Crippen LogP contribution in [0.1, 0.15) is 22.4 Å². The van der Waals surface area contributed by atoms with Crippen molar-refractivity contribution in [2.45, 2.75) is 19.5 Å². The Bertz CT molecular complexity index is 1270. The van der Waals surface area contributed by atoms with E-state index in [2.05, 4.69) is 48.5 Å². The normalized spacial score (nSPS) is 12.8. The summed E-state index contributed by atoms with van der Waals surface area (Å²) in [5.74, 6) is 1.46. The molecule has 1 N–H and O–H groups in total. The van der Waals surface area contributed by atoms with Crippen LogP contribution in [0, 0.1) is 11.3 Å². The van der Waals surface area contributed by atoms with Crippen molar-refractivity contribution in [2.24, 2.45) is 0 Å². The largest absolute Gasteiger partial charge is 0.366 e. The number of anilines is 3. The van der Waals surface area contributed by atoms with Gasteiger partial charge in [0.25, 0.3) is 0 Å². The average Bonchev–Trinajstić information content (AvgIpc) is 3.37. The number of halogens is 1. The van der Waals surface area contributed by atoms with E-state index in [1.165, 1.54) is 0 Å². The molecule has 4 aromatic rings. The molecule has 0 unspecified atom stereocenters. The number of nitrogens with zero attached hydrogens (tertiary/aromatic N) is 7. The van der Waals surface area contributed by atoms with Crippen LogP contribution in [0.15, 0.2) is 61.1 Å². The fourth-order valence-corrected chi connectivity index (χ4v) is 4.17. The maximum Gasteiger partial charge on any atom is 0.176 e. The molecule has 0 fully saturated rings. The standard InChI is InChI=1S/C23H19ClN8/c24-18-6-7-21(17(10-18)11-25)31-9-8-20-19(14-31)23(27-15-26-20)32(22-12-28-30-29-22)13-16-4-2-1-3-5-16/h1-7,10,12,15H,8-9,13-14H2,(H,28,29,30). The molecule has 8 nitrogen and oxygen atoms in total. The highest BCUT2D eigenvalue weighted by Crippen LogP contribution is 2.34. The minimum Gasteiger partial charge on any atom is -0.366 e. The molecule has 9 heteroatoms. The quantitative estimate of drug-likeness (QED) is 0.498. The van der Waals surface area contributed by atoms with Gasteiger partial charge in [-0.25, -0.2) is 9.97 Å². The summed E-state index contributed by atoms with van der Waals surface area (Å²) >= 11 is 6.10. The molecule has 0 bridgehead atoms. The monoisotopic (exact) mass is 442 g/mol. The molecular weight excluding hydrogens is 424 g/mol. The zero-order valence-electron chi connectivity index (χ0n) is 17.1. The lowest BCUT2D eigenvalue weighted by Crippen LogP contribution is -2.33. The van der Waals surface area contributed by atoms with Crippen molar-refractivity contribution in [2.75, 3.05) is 16.3 Å². The molecule has 2 aromatic carbocycles. The number of nitriles is 1. The topological polar surface area (TPSA) is 97.6 Å². The summed E-state index contributed by atoms with van der Waals surface area (Å²) in [7, 11) is 0. The smallest absolute Gasteiger partial charge is 0.176 e. The van der Waals surface area contributed by atoms with Gasteiger partial charge in [0.15, 0.2) is 5.82 Å². The fourth-order valence-electron chi connectivity index (χ4n) is 3.99. The van der Waals surface area contributed by atoms with Crippen LogP contribution in [0.5, 0.6) is 0 Å². The summed E-state index contributed by atoms with van der Waals surface area (Å²) in [5.41, 5.74) is 4.54. The molecule has 5 rings (SSSR count). The van der Waals surface area contributed by atoms with Gasteiger partial charge in [-0.15, -0.1) is 5.10 Å². The first-order chi connectivity index (χ1) is 15.7. The van der Waals surface area contributed by atoms with E-state index < -0.39 is 0 Å². The predicted octanol–water partition coefficient (Wildman–Crippen LogP) is 4.02. The minimum absolute atomic E-state index is 0.548. The van der Waals surface area contributed by atoms with Gasteiger partial charge in [0.05, 0.1) is 29.7 Å². The third kappa shape index (κ3) is 3.86. The van der Waals surface area contributed by atoms with Crippen LogP contribution in [-0.4, -0.2) is 31.9 Å². The molecule has 0 aliphatic carbocycles. The van der Waals surface area contributed by atoms with Gasteiger partial charge in [-0.1, -0.05) is 41.9 Å². The van der Waals surface area contributed by atoms with Crippen LogP contribution < -0.4 is 9.80 Å². The Morgan fingerprint density at radius 1 is 1.16 bits per heavy atom. The molecule has 3 heterocycles. The Labute approximate surface area is 190 Å². The lowest BCUT2D eigenvalue weighted by atomic mass is 10.0. The first-order valence-electron chi connectivity index (χ1n) is 10.2. The number of H-pyrrole nitrogens is 1. The average molecular weight is 443 g/mol. The first-order valence-corrected chi connectivity index (χ1v) is 10.6. The third-order valence-electron chi connectivity index (χ3n) is 5.52. The zero-order valence-corrected chi connectivity index (χ0v) is 17.9. The summed E-state index contributed by atoms with van der Waals surface area (Å²) in [4.78, 5) is 13.4. The SMILES string of the molecule is N#Cc1cc(Cl)ccc1N1CCc2ncnc(N(Cc3ccccc3)c3cn[nH]n3)c2C1. The number of aromatic amines is 1. The number of benzene rings is 2. The van der Waals surface area contributed by atoms with E-state index in [1.807, 2.05) is 35.2 Å². The summed E-state index contributed by atoms with van der Waals surface area (Å²) in [5, 5.41) is 21.2. The third-order valence-corrected chi connectivity index (χ3v) is 5.75. The van der Waals surface area contributed by atoms with Crippen LogP contribution in [0.3, 0.4) is 0 Å². The van der Waals surface area contributed by atoms with E-state index in [-0.39, 0.29) is 0 Å². The van der Waals surface area contributed by atoms with Crippen LogP contribution in [0.25, 0.3) is 0 Å². The van der Waals surface area contributed by atoms with Gasteiger partial charge in [0.1, 0.15) is 18.2 Å². The highest BCUT2D eigenvalue weighted by molar-refractivity contribution is 6.30. The molecule has 0 saturated heterocycles. The lowest BCUT2D eigenvalue weighted by molar-refractivity contribution is 0.699. The van der Waals surface area contributed by atoms with Gasteiger partial charge in [-0.05, 0) is 23.8 Å². The molecule has 0 amide bonds. The molecule has 0 spiro atoms. The van der Waals surface area contributed by atoms with Crippen LogP contribution in [0.4, 0.5) is 17.3 Å². The van der Waals surface area contributed by atoms with Gasteiger partial charge in [-0.2, -0.15) is 15.6 Å².